The molecule has 0 amide bonds. The van der Waals surface area contributed by atoms with E-state index < -0.39 is 0 Å². The second-order valence-electron chi connectivity index (χ2n) is 1.97. The number of carbonyl (C=O) groups excluding carboxylic acids is 1. The van der Waals surface area contributed by atoms with E-state index >= 15 is 0 Å². The quantitative estimate of drug-likeness (QED) is 0.521. The van der Waals surface area contributed by atoms with E-state index in [4.69, 9.17) is 4.42 Å². The Kier molecular flexibility index (Phi) is 2.17. The van der Waals surface area contributed by atoms with Crippen LogP contribution in [0.25, 0.3) is 0 Å². The molecular formula is C7H8O2S. The van der Waals surface area contributed by atoms with Crippen LogP contribution >= 0.6 is 12.6 Å². The van der Waals surface area contributed by atoms with Gasteiger partial charge >= 0.3 is 0 Å². The maximum atomic E-state index is 11.0. The zero-order valence-electron chi connectivity index (χ0n) is 5.63. The van der Waals surface area contributed by atoms with Gasteiger partial charge in [-0.25, -0.2) is 0 Å². The second-order valence-corrected chi connectivity index (χ2v) is 2.29. The van der Waals surface area contributed by atoms with Crippen molar-refractivity contribution < 1.29 is 9.21 Å². The van der Waals surface area contributed by atoms with Gasteiger partial charge in [0.05, 0.1) is 17.6 Å². The molecule has 0 aliphatic carbocycles. The van der Waals surface area contributed by atoms with Crippen LogP contribution in [-0.2, 0) is 0 Å². The number of ketones is 1. The minimum Gasteiger partial charge on any atom is -0.469 e. The standard InChI is InChI=1S/C7H8O2S/c1-5-6(2-3-9-5)7(8)4-10/h2-3,10H,4H2,1H3. The van der Waals surface area contributed by atoms with Crippen molar-refractivity contribution in [2.45, 2.75) is 6.92 Å². The first-order chi connectivity index (χ1) is 4.75. The second kappa shape index (κ2) is 2.92. The van der Waals surface area contributed by atoms with Crippen molar-refractivity contribution in [3.05, 3.63) is 23.7 Å². The number of aryl methyl sites for hydroxylation is 1. The third-order valence-electron chi connectivity index (χ3n) is 1.30. The topological polar surface area (TPSA) is 30.2 Å². The van der Waals surface area contributed by atoms with Crippen molar-refractivity contribution >= 4 is 18.4 Å². The average Bonchev–Trinajstić information content (AvgIpc) is 2.34. The first-order valence-electron chi connectivity index (χ1n) is 2.94. The third kappa shape index (κ3) is 1.24. The van der Waals surface area contributed by atoms with E-state index in [1.165, 1.54) is 6.26 Å². The molecule has 0 aromatic carbocycles. The van der Waals surface area contributed by atoms with Gasteiger partial charge in [0.1, 0.15) is 5.76 Å². The van der Waals surface area contributed by atoms with Gasteiger partial charge in [0.2, 0.25) is 0 Å². The third-order valence-corrected chi connectivity index (χ3v) is 1.59. The Balaban J connectivity index is 2.93. The summed E-state index contributed by atoms with van der Waals surface area (Å²) < 4.78 is 4.93. The molecule has 0 N–H and O–H groups in total. The van der Waals surface area contributed by atoms with Crippen LogP contribution in [0.15, 0.2) is 16.7 Å². The predicted octanol–water partition coefficient (Wildman–Crippen LogP) is 1.70. The molecule has 1 aromatic heterocycles. The number of furan rings is 1. The van der Waals surface area contributed by atoms with Crippen LogP contribution in [0.5, 0.6) is 0 Å². The molecule has 1 heterocycles. The zero-order valence-corrected chi connectivity index (χ0v) is 6.52. The average molecular weight is 156 g/mol. The number of hydrogen-bond donors (Lipinski definition) is 1. The SMILES string of the molecule is Cc1occc1C(=O)CS. The Labute approximate surface area is 64.6 Å². The van der Waals surface area contributed by atoms with Gasteiger partial charge in [0.15, 0.2) is 5.78 Å². The fourth-order valence-electron chi connectivity index (χ4n) is 0.759. The summed E-state index contributed by atoms with van der Waals surface area (Å²) in [4.78, 5) is 11.0. The van der Waals surface area contributed by atoms with Crippen LogP contribution in [0.3, 0.4) is 0 Å². The highest BCUT2D eigenvalue weighted by Crippen LogP contribution is 2.09. The molecular weight excluding hydrogens is 148 g/mol. The highest BCUT2D eigenvalue weighted by Gasteiger charge is 2.07. The Bertz CT molecular complexity index is 240. The van der Waals surface area contributed by atoms with Gasteiger partial charge in [-0.2, -0.15) is 12.6 Å². The van der Waals surface area contributed by atoms with E-state index in [1.54, 1.807) is 13.0 Å². The van der Waals surface area contributed by atoms with Gasteiger partial charge in [-0.05, 0) is 13.0 Å². The van der Waals surface area contributed by atoms with E-state index in [9.17, 15) is 4.79 Å². The van der Waals surface area contributed by atoms with Crippen molar-refractivity contribution in [2.24, 2.45) is 0 Å². The lowest BCUT2D eigenvalue weighted by Gasteiger charge is -1.90. The summed E-state index contributed by atoms with van der Waals surface area (Å²) in [6.45, 7) is 1.76. The van der Waals surface area contributed by atoms with E-state index in [0.717, 1.165) is 0 Å². The van der Waals surface area contributed by atoms with Gasteiger partial charge in [-0.1, -0.05) is 0 Å². The maximum Gasteiger partial charge on any atom is 0.175 e. The first-order valence-corrected chi connectivity index (χ1v) is 3.57. The number of hydrogen-bond acceptors (Lipinski definition) is 3. The molecule has 0 spiro atoms. The Morgan fingerprint density at radius 2 is 2.50 bits per heavy atom. The largest absolute Gasteiger partial charge is 0.469 e. The molecule has 1 rings (SSSR count). The summed E-state index contributed by atoms with van der Waals surface area (Å²) in [7, 11) is 0. The van der Waals surface area contributed by atoms with Crippen LogP contribution in [0, 0.1) is 6.92 Å². The highest BCUT2D eigenvalue weighted by molar-refractivity contribution is 7.81. The van der Waals surface area contributed by atoms with Crippen LogP contribution in [-0.4, -0.2) is 11.5 Å². The van der Waals surface area contributed by atoms with Crippen molar-refractivity contribution in [1.82, 2.24) is 0 Å². The number of thiol groups is 1. The molecule has 54 valence electrons. The molecule has 0 aliphatic heterocycles. The van der Waals surface area contributed by atoms with Crippen LogP contribution in [0.1, 0.15) is 16.1 Å². The first kappa shape index (κ1) is 7.41. The molecule has 0 bridgehead atoms. The lowest BCUT2D eigenvalue weighted by molar-refractivity contribution is 0.102. The van der Waals surface area contributed by atoms with Gasteiger partial charge in [-0.3, -0.25) is 4.79 Å². The minimum absolute atomic E-state index is 0.00887. The summed E-state index contributed by atoms with van der Waals surface area (Å²) >= 11 is 3.86. The monoisotopic (exact) mass is 156 g/mol. The Hall–Kier alpha value is -0.700. The van der Waals surface area contributed by atoms with Crippen LogP contribution in [0.2, 0.25) is 0 Å². The van der Waals surface area contributed by atoms with Gasteiger partial charge in [0.25, 0.3) is 0 Å². The molecule has 0 fully saturated rings. The number of rotatable bonds is 2. The molecule has 0 atom stereocenters. The van der Waals surface area contributed by atoms with E-state index in [-0.39, 0.29) is 11.5 Å². The van der Waals surface area contributed by atoms with Gasteiger partial charge in [-0.15, -0.1) is 0 Å². The molecule has 0 saturated heterocycles. The molecule has 0 radical (unpaired) electrons. The maximum absolute atomic E-state index is 11.0. The van der Waals surface area contributed by atoms with Crippen molar-refractivity contribution in [2.75, 3.05) is 5.75 Å². The lowest BCUT2D eigenvalue weighted by Crippen LogP contribution is -1.99. The minimum atomic E-state index is 0.00887. The summed E-state index contributed by atoms with van der Waals surface area (Å²) in [6.07, 6.45) is 1.51. The number of carbonyl (C=O) groups is 1. The highest BCUT2D eigenvalue weighted by atomic mass is 32.1. The molecule has 0 saturated carbocycles. The predicted molar refractivity (Wildman–Crippen MR) is 41.6 cm³/mol. The van der Waals surface area contributed by atoms with Crippen molar-refractivity contribution in [3.63, 3.8) is 0 Å². The zero-order chi connectivity index (χ0) is 7.56. The Morgan fingerprint density at radius 1 is 1.80 bits per heavy atom. The summed E-state index contributed by atoms with van der Waals surface area (Å²) in [6, 6.07) is 1.66. The summed E-state index contributed by atoms with van der Waals surface area (Å²) in [5.74, 6) is 0.911. The summed E-state index contributed by atoms with van der Waals surface area (Å²) in [5.41, 5.74) is 0.634. The Morgan fingerprint density at radius 3 is 2.90 bits per heavy atom. The number of Topliss-reactive ketones (excluding diaryl/α,β-unsaturated/α-hetero) is 1. The molecule has 2 nitrogen and oxygen atoms in total. The van der Waals surface area contributed by atoms with Gasteiger partial charge < -0.3 is 4.42 Å². The molecule has 10 heavy (non-hydrogen) atoms. The van der Waals surface area contributed by atoms with Crippen molar-refractivity contribution in [1.29, 1.82) is 0 Å². The fourth-order valence-corrected chi connectivity index (χ4v) is 0.930. The van der Waals surface area contributed by atoms with Crippen LogP contribution < -0.4 is 0 Å². The molecule has 3 heteroatoms. The van der Waals surface area contributed by atoms with E-state index in [1.807, 2.05) is 0 Å². The van der Waals surface area contributed by atoms with E-state index in [2.05, 4.69) is 12.6 Å². The van der Waals surface area contributed by atoms with Crippen molar-refractivity contribution in [3.8, 4) is 0 Å². The summed E-state index contributed by atoms with van der Waals surface area (Å²) in [5, 5.41) is 0. The molecule has 1 aromatic rings. The molecule has 0 unspecified atom stereocenters. The smallest absolute Gasteiger partial charge is 0.175 e. The normalized spacial score (nSPS) is 9.80. The van der Waals surface area contributed by atoms with Crippen LogP contribution in [0.4, 0.5) is 0 Å². The fraction of sp³-hybridized carbons (Fsp3) is 0.286. The molecule has 0 aliphatic rings. The lowest BCUT2D eigenvalue weighted by atomic mass is 10.2. The van der Waals surface area contributed by atoms with Gasteiger partial charge in [0, 0.05) is 0 Å². The van der Waals surface area contributed by atoms with E-state index in [0.29, 0.717) is 11.3 Å².